The fourth-order valence-electron chi connectivity index (χ4n) is 16.6. The number of carbonyl (C=O) groups excluding carboxylic acids is 1. The molecule has 778 valence electrons. The Labute approximate surface area is 825 Å². The van der Waals surface area contributed by atoms with E-state index in [4.69, 9.17) is 28.4 Å². The van der Waals surface area contributed by atoms with Crippen LogP contribution in [0.3, 0.4) is 0 Å². The van der Waals surface area contributed by atoms with Gasteiger partial charge in [-0.1, -0.05) is 110 Å². The van der Waals surface area contributed by atoms with Crippen LogP contribution in [-0.4, -0.2) is 282 Å². The first-order chi connectivity index (χ1) is 61.0. The summed E-state index contributed by atoms with van der Waals surface area (Å²) in [5.41, 5.74) is 5.11. The number of hydrogen-bond acceptors (Lipinski definition) is 21. The first kappa shape index (κ1) is 122. The van der Waals surface area contributed by atoms with Gasteiger partial charge in [-0.2, -0.15) is 0 Å². The lowest BCUT2D eigenvalue weighted by atomic mass is 9.87. The summed E-state index contributed by atoms with van der Waals surface area (Å²) in [5, 5.41) is 18.1. The second-order valence-electron chi connectivity index (χ2n) is 54.5. The van der Waals surface area contributed by atoms with Gasteiger partial charge < -0.3 is 74.6 Å². The molecule has 0 spiro atoms. The monoisotopic (exact) mass is 1880 g/mol. The first-order valence-corrected chi connectivity index (χ1v) is 52.3. The van der Waals surface area contributed by atoms with Gasteiger partial charge in [0.05, 0.1) is 56.5 Å². The van der Waals surface area contributed by atoms with E-state index in [1.54, 1.807) is 0 Å². The molecule has 3 aromatic rings. The van der Waals surface area contributed by atoms with E-state index in [-0.39, 0.29) is 60.7 Å². The van der Waals surface area contributed by atoms with Crippen molar-refractivity contribution in [3.63, 3.8) is 0 Å². The Bertz CT molecular complexity index is 3670. The lowest BCUT2D eigenvalue weighted by molar-refractivity contribution is -0.133. The van der Waals surface area contributed by atoms with E-state index in [1.165, 1.54) is 64.1 Å². The molecule has 5 aliphatic heterocycles. The molecule has 7 fully saturated rings. The quantitative estimate of drug-likeness (QED) is 0.0452. The number of piperazine rings is 2. The first-order valence-electron chi connectivity index (χ1n) is 52.3. The molecule has 10 rings (SSSR count). The number of likely N-dealkylation sites (tertiary alicyclic amines) is 1. The van der Waals surface area contributed by atoms with Crippen molar-refractivity contribution in [2.24, 2.45) is 16.2 Å². The van der Waals surface area contributed by atoms with Crippen molar-refractivity contribution < 1.29 is 33.2 Å². The highest BCUT2D eigenvalue weighted by molar-refractivity contribution is 5.76. The molecule has 3 aromatic heterocycles. The summed E-state index contributed by atoms with van der Waals surface area (Å²) in [6.07, 6.45) is 18.6. The molecule has 0 aromatic carbocycles. The van der Waals surface area contributed by atoms with Gasteiger partial charge in [0, 0.05) is 203 Å². The van der Waals surface area contributed by atoms with Crippen molar-refractivity contribution in [1.29, 1.82) is 0 Å². The Morgan fingerprint density at radius 2 is 0.828 bits per heavy atom. The maximum Gasteiger partial charge on any atom is 0.222 e. The summed E-state index contributed by atoms with van der Waals surface area (Å²) < 4.78 is 34.7. The van der Waals surface area contributed by atoms with Crippen LogP contribution in [0.15, 0.2) is 55.0 Å². The summed E-state index contributed by atoms with van der Waals surface area (Å²) in [6, 6.07) is 15.5. The minimum Gasteiger partial charge on any atom is -0.491 e. The lowest BCUT2D eigenvalue weighted by Gasteiger charge is -2.44. The molecule has 0 radical (unpaired) electrons. The molecule has 22 heteroatoms. The van der Waals surface area contributed by atoms with Crippen molar-refractivity contribution in [3.05, 3.63) is 66.2 Å². The minimum absolute atomic E-state index is 0.00782. The molecule has 2 saturated carbocycles. The summed E-state index contributed by atoms with van der Waals surface area (Å²) in [4.78, 5) is 42.4. The average Bonchev–Trinajstić information content (AvgIpc) is 0.802. The molecule has 22 nitrogen and oxygen atoms in total. The highest BCUT2D eigenvalue weighted by Gasteiger charge is 2.38. The van der Waals surface area contributed by atoms with Crippen LogP contribution in [0.25, 0.3) is 0 Å². The highest BCUT2D eigenvalue weighted by atomic mass is 16.5. The Balaban J connectivity index is 0.000000327. The normalized spacial score (nSPS) is 20.1. The Kier molecular flexibility index (Phi) is 48.3. The van der Waals surface area contributed by atoms with Crippen molar-refractivity contribution >= 4 is 17.5 Å². The van der Waals surface area contributed by atoms with Gasteiger partial charge >= 0.3 is 0 Å². The molecule has 1 amide bonds. The zero-order valence-corrected chi connectivity index (χ0v) is 94.9. The fourth-order valence-corrected chi connectivity index (χ4v) is 16.6. The van der Waals surface area contributed by atoms with Gasteiger partial charge in [-0.3, -0.25) is 24.5 Å². The largest absolute Gasteiger partial charge is 0.491 e. The van der Waals surface area contributed by atoms with Crippen LogP contribution in [0.1, 0.15) is 373 Å². The lowest BCUT2D eigenvalue weighted by Crippen LogP contribution is -2.62. The van der Waals surface area contributed by atoms with E-state index in [0.29, 0.717) is 84.5 Å². The molecule has 0 atom stereocenters. The second kappa shape index (κ2) is 53.1. The maximum atomic E-state index is 12.2. The number of pyridine rings is 3. The Morgan fingerprint density at radius 1 is 0.388 bits per heavy atom. The third-order valence-corrected chi connectivity index (χ3v) is 24.1. The van der Waals surface area contributed by atoms with Crippen LogP contribution in [0.4, 0.5) is 11.6 Å². The summed E-state index contributed by atoms with van der Waals surface area (Å²) in [5.74, 6) is 4.29. The number of carbonyl (C=O) groups is 1. The molecule has 7 aliphatic rings. The SMILES string of the molecule is CC(C)(C)CCCCC(=O)N1CCN(C(C)(C)C)CC1.CC(C)(C)CCOCCN1CCN(C(C)(C)C)CC1.CC(C)(C)COc1ccc(N2CC(NC(C)(C)C)C2)nc1.CC(C)(C)NC1CC(OCCOC(C)(C)C)C1.CC(C)(C)NC1CC(Oc2ccnc(C(C)(C)C)c2)C1.CC(C)(C)NC1CCN(CCOC(C)(C)C)CC1.CC(C)(C)NC1CN(c2cc(C(C)(C)C)ccn2)C1. The van der Waals surface area contributed by atoms with E-state index in [9.17, 15) is 4.79 Å². The predicted molar refractivity (Wildman–Crippen MR) is 571 cm³/mol. The molecular weight excluding hydrogens is 1670 g/mol. The van der Waals surface area contributed by atoms with Crippen LogP contribution in [0.2, 0.25) is 0 Å². The minimum atomic E-state index is -0.0563. The topological polar surface area (TPSA) is 194 Å². The number of nitrogens with one attached hydrogen (secondary N) is 5. The summed E-state index contributed by atoms with van der Waals surface area (Å²) in [7, 11) is 0. The molecule has 5 N–H and O–H groups in total. The van der Waals surface area contributed by atoms with Gasteiger partial charge in [-0.15, -0.1) is 0 Å². The third kappa shape index (κ3) is 56.3. The van der Waals surface area contributed by atoms with Crippen LogP contribution >= 0.6 is 0 Å². The number of hydrogen-bond donors (Lipinski definition) is 5. The van der Waals surface area contributed by atoms with Crippen molar-refractivity contribution in [3.8, 4) is 11.5 Å². The van der Waals surface area contributed by atoms with Gasteiger partial charge in [-0.05, 0) is 315 Å². The van der Waals surface area contributed by atoms with Crippen LogP contribution in [0.5, 0.6) is 11.5 Å². The van der Waals surface area contributed by atoms with Gasteiger partial charge in [0.2, 0.25) is 5.91 Å². The molecule has 2 aliphatic carbocycles. The van der Waals surface area contributed by atoms with Gasteiger partial charge in [0.25, 0.3) is 0 Å². The predicted octanol–water partition coefficient (Wildman–Crippen LogP) is 21.5. The number of ether oxygens (including phenoxy) is 6. The Morgan fingerprint density at radius 3 is 1.27 bits per heavy atom. The van der Waals surface area contributed by atoms with Crippen LogP contribution in [-0.2, 0) is 34.6 Å². The van der Waals surface area contributed by atoms with Crippen molar-refractivity contribution in [2.75, 3.05) is 154 Å². The molecule has 5 saturated heterocycles. The molecule has 0 unspecified atom stereocenters. The molecule has 0 bridgehead atoms. The number of piperidine rings is 1. The molecule has 134 heavy (non-hydrogen) atoms. The smallest absolute Gasteiger partial charge is 0.222 e. The van der Waals surface area contributed by atoms with Crippen LogP contribution in [0, 0.1) is 16.2 Å². The van der Waals surface area contributed by atoms with E-state index >= 15 is 0 Å². The second-order valence-corrected chi connectivity index (χ2v) is 54.5. The van der Waals surface area contributed by atoms with Crippen molar-refractivity contribution in [1.82, 2.24) is 66.0 Å². The van der Waals surface area contributed by atoms with E-state index in [2.05, 4.69) is 385 Å². The van der Waals surface area contributed by atoms with E-state index in [0.717, 1.165) is 165 Å². The van der Waals surface area contributed by atoms with Gasteiger partial charge in [0.15, 0.2) is 0 Å². The molecular formula is C112H213N15O7. The maximum absolute atomic E-state index is 12.2. The van der Waals surface area contributed by atoms with E-state index in [1.807, 2.05) is 36.8 Å². The van der Waals surface area contributed by atoms with Crippen LogP contribution < -0.4 is 45.9 Å². The van der Waals surface area contributed by atoms with Gasteiger partial charge in [-0.25, -0.2) is 9.97 Å². The average molecular weight is 1880 g/mol. The zero-order valence-electron chi connectivity index (χ0n) is 94.9. The fraction of sp³-hybridized carbons (Fsp3) is 0.857. The number of aromatic nitrogens is 3. The van der Waals surface area contributed by atoms with Gasteiger partial charge in [0.1, 0.15) is 29.2 Å². The third-order valence-electron chi connectivity index (χ3n) is 24.1. The summed E-state index contributed by atoms with van der Waals surface area (Å²) in [6.45, 7) is 115. The number of rotatable bonds is 27. The number of nitrogens with zero attached hydrogens (tertiary/aromatic N) is 10. The number of amides is 1. The molecule has 8 heterocycles. The Hall–Kier alpha value is -4.40. The van der Waals surface area contributed by atoms with Crippen molar-refractivity contribution in [2.45, 2.75) is 465 Å². The number of unbranched alkanes of at least 4 members (excludes halogenated alkanes) is 1. The highest BCUT2D eigenvalue weighted by Crippen LogP contribution is 2.34. The summed E-state index contributed by atoms with van der Waals surface area (Å²) >= 11 is 0. The number of anilines is 2. The standard InChI is InChI=1S/C17H29N3O.C17H28N2O.C17H34N2O.C16H27N3.C16H34N2O.C15H32N2O.C14H29NO2/c1-16(2,3)12-21-14-7-8-15(18-9-14)20-10-13(11-20)19-17(4,5)6;1-16(2,3)15-11-13(7-8-18-15)20-14-9-12(10-14)19-17(4,5)6;1-16(2,3)10-8-7-9-15(20)18-11-13-19(14-12-18)17(4,5)6;1-15(2,3)12-7-8-17-14(9-12)19-10-13(11-19)18-16(4,5)6;1-15(2,3)7-13-19-14-12-17-8-10-18(11-9-17)16(4,5)6;1-14(2,3)16-13-7-9-17(10-8-13)11-12-18-15(4,5)6;1-13(2,3)15-11-9-12(10-11)16-7-8-17-14(4,5)6/h7-9,13,19H,10-12H2,1-6H3;7-8,11-12,14,19H,9-10H2,1-6H3;7-14H2,1-6H3;7-9,13,18H,10-11H2,1-6H3;7-14H2,1-6H3;13,16H,7-12H2,1-6H3;11-12,15H,7-10H2,1-6H3. The zero-order chi connectivity index (χ0) is 102. The van der Waals surface area contributed by atoms with E-state index < -0.39 is 0 Å².